The van der Waals surface area contributed by atoms with E-state index in [-0.39, 0.29) is 18.4 Å². The molecule has 5 nitrogen and oxygen atoms in total. The van der Waals surface area contributed by atoms with Gasteiger partial charge >= 0.3 is 5.97 Å². The number of hydrogen-bond donors (Lipinski definition) is 1. The van der Waals surface area contributed by atoms with Crippen molar-refractivity contribution in [2.75, 3.05) is 26.2 Å². The Kier molecular flexibility index (Phi) is 5.02. The molecule has 2 aliphatic heterocycles. The zero-order valence-electron chi connectivity index (χ0n) is 12.5. The fraction of sp³-hybridized carbons (Fsp3) is 0.867. The standard InChI is InChI=1S/C15H26N2O3/c1-11-6-12(2)9-17(8-11)14(18)10-16-5-3-4-13(16)7-15(19)20/h11-13H,3-10H2,1-2H3,(H,19,20). The largest absolute Gasteiger partial charge is 0.481 e. The van der Waals surface area contributed by atoms with Crippen LogP contribution < -0.4 is 0 Å². The molecule has 0 aromatic carbocycles. The van der Waals surface area contributed by atoms with E-state index < -0.39 is 5.97 Å². The average molecular weight is 282 g/mol. The first kappa shape index (κ1) is 15.3. The van der Waals surface area contributed by atoms with Crippen LogP contribution in [0.15, 0.2) is 0 Å². The SMILES string of the molecule is CC1CC(C)CN(C(=O)CN2CCCC2CC(=O)O)C1. The topological polar surface area (TPSA) is 60.9 Å². The molecule has 5 heteroatoms. The molecule has 3 atom stereocenters. The van der Waals surface area contributed by atoms with E-state index in [9.17, 15) is 9.59 Å². The fourth-order valence-electron chi connectivity index (χ4n) is 3.68. The molecular weight excluding hydrogens is 256 g/mol. The molecule has 0 saturated carbocycles. The van der Waals surface area contributed by atoms with E-state index in [0.29, 0.717) is 18.4 Å². The number of piperidine rings is 1. The van der Waals surface area contributed by atoms with Crippen molar-refractivity contribution in [3.63, 3.8) is 0 Å². The lowest BCUT2D eigenvalue weighted by atomic mass is 9.92. The molecule has 1 N–H and O–H groups in total. The lowest BCUT2D eigenvalue weighted by Gasteiger charge is -2.36. The Bertz CT molecular complexity index is 362. The smallest absolute Gasteiger partial charge is 0.304 e. The molecule has 2 heterocycles. The van der Waals surface area contributed by atoms with Crippen LogP contribution in [0.25, 0.3) is 0 Å². The Labute approximate surface area is 120 Å². The van der Waals surface area contributed by atoms with Gasteiger partial charge in [0.1, 0.15) is 0 Å². The number of amides is 1. The zero-order chi connectivity index (χ0) is 14.7. The second-order valence-corrected chi connectivity index (χ2v) is 6.61. The van der Waals surface area contributed by atoms with Crippen LogP contribution in [0.4, 0.5) is 0 Å². The molecule has 2 aliphatic rings. The van der Waals surface area contributed by atoms with Gasteiger partial charge in [0.2, 0.25) is 5.91 Å². The Morgan fingerprint density at radius 2 is 1.85 bits per heavy atom. The Hall–Kier alpha value is -1.10. The molecule has 0 aliphatic carbocycles. The van der Waals surface area contributed by atoms with Gasteiger partial charge in [0.25, 0.3) is 0 Å². The van der Waals surface area contributed by atoms with Gasteiger partial charge in [-0.3, -0.25) is 14.5 Å². The number of nitrogens with zero attached hydrogens (tertiary/aromatic N) is 2. The van der Waals surface area contributed by atoms with Gasteiger partial charge in [-0.15, -0.1) is 0 Å². The molecule has 0 aromatic heterocycles. The van der Waals surface area contributed by atoms with Gasteiger partial charge in [0, 0.05) is 19.1 Å². The molecule has 1 amide bonds. The van der Waals surface area contributed by atoms with Crippen molar-refractivity contribution >= 4 is 11.9 Å². The molecule has 2 rings (SSSR count). The summed E-state index contributed by atoms with van der Waals surface area (Å²) in [5.74, 6) is 0.530. The molecule has 114 valence electrons. The summed E-state index contributed by atoms with van der Waals surface area (Å²) in [4.78, 5) is 27.3. The number of carboxylic acid groups (broad SMARTS) is 1. The molecule has 2 saturated heterocycles. The third-order valence-electron chi connectivity index (χ3n) is 4.47. The Balaban J connectivity index is 1.88. The first-order chi connectivity index (χ1) is 9.45. The Morgan fingerprint density at radius 1 is 1.20 bits per heavy atom. The molecule has 0 bridgehead atoms. The number of hydrogen-bond acceptors (Lipinski definition) is 3. The number of likely N-dealkylation sites (tertiary alicyclic amines) is 2. The number of aliphatic carboxylic acids is 1. The number of carbonyl (C=O) groups excluding carboxylic acids is 1. The normalized spacial score (nSPS) is 31.5. The van der Waals surface area contributed by atoms with Crippen LogP contribution in [0.5, 0.6) is 0 Å². The summed E-state index contributed by atoms with van der Waals surface area (Å²) in [5.41, 5.74) is 0. The van der Waals surface area contributed by atoms with Gasteiger partial charge in [-0.05, 0) is 37.6 Å². The van der Waals surface area contributed by atoms with E-state index in [2.05, 4.69) is 18.7 Å². The first-order valence-corrected chi connectivity index (χ1v) is 7.69. The maximum Gasteiger partial charge on any atom is 0.304 e. The van der Waals surface area contributed by atoms with Gasteiger partial charge in [0.05, 0.1) is 13.0 Å². The second-order valence-electron chi connectivity index (χ2n) is 6.61. The van der Waals surface area contributed by atoms with Crippen LogP contribution in [0.3, 0.4) is 0 Å². The quantitative estimate of drug-likeness (QED) is 0.847. The van der Waals surface area contributed by atoms with E-state index >= 15 is 0 Å². The van der Waals surface area contributed by atoms with Gasteiger partial charge in [-0.1, -0.05) is 13.8 Å². The van der Waals surface area contributed by atoms with Crippen molar-refractivity contribution in [1.29, 1.82) is 0 Å². The third-order valence-corrected chi connectivity index (χ3v) is 4.47. The molecule has 0 aromatic rings. The number of carbonyl (C=O) groups is 2. The molecule has 0 radical (unpaired) electrons. The van der Waals surface area contributed by atoms with Crippen LogP contribution in [0.1, 0.15) is 39.5 Å². The maximum absolute atomic E-state index is 12.4. The molecule has 2 fully saturated rings. The highest BCUT2D eigenvalue weighted by Crippen LogP contribution is 2.23. The van der Waals surface area contributed by atoms with E-state index in [1.165, 1.54) is 6.42 Å². The predicted molar refractivity (Wildman–Crippen MR) is 76.4 cm³/mol. The van der Waals surface area contributed by atoms with E-state index in [1.807, 2.05) is 4.90 Å². The van der Waals surface area contributed by atoms with E-state index in [4.69, 9.17) is 5.11 Å². The highest BCUT2D eigenvalue weighted by molar-refractivity contribution is 5.78. The minimum absolute atomic E-state index is 0.0380. The molecule has 3 unspecified atom stereocenters. The second kappa shape index (κ2) is 6.57. The molecule has 0 spiro atoms. The van der Waals surface area contributed by atoms with Crippen LogP contribution in [0.2, 0.25) is 0 Å². The van der Waals surface area contributed by atoms with Crippen LogP contribution in [0, 0.1) is 11.8 Å². The summed E-state index contributed by atoms with van der Waals surface area (Å²) in [5, 5.41) is 8.92. The molecular formula is C15H26N2O3. The predicted octanol–water partition coefficient (Wildman–Crippen LogP) is 1.43. The summed E-state index contributed by atoms with van der Waals surface area (Å²) >= 11 is 0. The number of carboxylic acids is 1. The van der Waals surface area contributed by atoms with Gasteiger partial charge in [-0.2, -0.15) is 0 Å². The van der Waals surface area contributed by atoms with Gasteiger partial charge < -0.3 is 10.0 Å². The van der Waals surface area contributed by atoms with Gasteiger partial charge in [-0.25, -0.2) is 0 Å². The maximum atomic E-state index is 12.4. The minimum atomic E-state index is -0.769. The summed E-state index contributed by atoms with van der Waals surface area (Å²) in [6, 6.07) is 0.0380. The van der Waals surface area contributed by atoms with E-state index in [1.54, 1.807) is 0 Å². The van der Waals surface area contributed by atoms with Crippen LogP contribution in [-0.4, -0.2) is 59.0 Å². The lowest BCUT2D eigenvalue weighted by Crippen LogP contribution is -2.48. The van der Waals surface area contributed by atoms with Crippen molar-refractivity contribution in [2.45, 2.75) is 45.6 Å². The number of rotatable bonds is 4. The summed E-state index contributed by atoms with van der Waals surface area (Å²) in [6.07, 6.45) is 3.24. The van der Waals surface area contributed by atoms with Crippen LogP contribution in [-0.2, 0) is 9.59 Å². The average Bonchev–Trinajstić information content (AvgIpc) is 2.74. The van der Waals surface area contributed by atoms with Crippen molar-refractivity contribution in [1.82, 2.24) is 9.80 Å². The van der Waals surface area contributed by atoms with Crippen molar-refractivity contribution in [2.24, 2.45) is 11.8 Å². The summed E-state index contributed by atoms with van der Waals surface area (Å²) in [6.45, 7) is 7.32. The Morgan fingerprint density at radius 3 is 2.45 bits per heavy atom. The summed E-state index contributed by atoms with van der Waals surface area (Å²) in [7, 11) is 0. The van der Waals surface area contributed by atoms with Crippen LogP contribution >= 0.6 is 0 Å². The fourth-order valence-corrected chi connectivity index (χ4v) is 3.68. The third kappa shape index (κ3) is 3.95. The highest BCUT2D eigenvalue weighted by Gasteiger charge is 2.31. The van der Waals surface area contributed by atoms with Crippen molar-refractivity contribution < 1.29 is 14.7 Å². The van der Waals surface area contributed by atoms with Crippen molar-refractivity contribution in [3.8, 4) is 0 Å². The lowest BCUT2D eigenvalue weighted by molar-refractivity contribution is -0.140. The molecule has 20 heavy (non-hydrogen) atoms. The summed E-state index contributed by atoms with van der Waals surface area (Å²) < 4.78 is 0. The monoisotopic (exact) mass is 282 g/mol. The minimum Gasteiger partial charge on any atom is -0.481 e. The van der Waals surface area contributed by atoms with Gasteiger partial charge in [0.15, 0.2) is 0 Å². The van der Waals surface area contributed by atoms with E-state index in [0.717, 1.165) is 32.5 Å². The zero-order valence-corrected chi connectivity index (χ0v) is 12.5. The van der Waals surface area contributed by atoms with Crippen molar-refractivity contribution in [3.05, 3.63) is 0 Å². The first-order valence-electron chi connectivity index (χ1n) is 7.69. The highest BCUT2D eigenvalue weighted by atomic mass is 16.4.